The van der Waals surface area contributed by atoms with E-state index in [0.717, 1.165) is 25.0 Å². The molecule has 2 aliphatic rings. The molecule has 1 fully saturated rings. The third kappa shape index (κ3) is 2.81. The van der Waals surface area contributed by atoms with Gasteiger partial charge in [-0.25, -0.2) is 4.39 Å². The van der Waals surface area contributed by atoms with Gasteiger partial charge in [0.1, 0.15) is 5.82 Å². The van der Waals surface area contributed by atoms with Crippen LogP contribution in [0, 0.1) is 5.82 Å². The number of alkyl halides is 1. The summed E-state index contributed by atoms with van der Waals surface area (Å²) < 4.78 is 19.7. The van der Waals surface area contributed by atoms with Crippen molar-refractivity contribution in [2.24, 2.45) is 0 Å². The Morgan fingerprint density at radius 2 is 2.30 bits per heavy atom. The Kier molecular flexibility index (Phi) is 3.94. The Morgan fingerprint density at radius 3 is 3.05 bits per heavy atom. The highest BCUT2D eigenvalue weighted by Gasteiger charge is 2.24. The van der Waals surface area contributed by atoms with Gasteiger partial charge in [0.25, 0.3) is 0 Å². The van der Waals surface area contributed by atoms with Crippen LogP contribution < -0.4 is 5.32 Å². The number of ether oxygens (including phenoxy) is 1. The summed E-state index contributed by atoms with van der Waals surface area (Å²) in [5, 5.41) is 2.31. The minimum atomic E-state index is -0.388. The number of benzene rings is 1. The lowest BCUT2D eigenvalue weighted by Gasteiger charge is -2.21. The fourth-order valence-electron chi connectivity index (χ4n) is 2.85. The highest BCUT2D eigenvalue weighted by molar-refractivity contribution is 6.20. The molecule has 0 radical (unpaired) electrons. The van der Waals surface area contributed by atoms with Crippen molar-refractivity contribution in [3.63, 3.8) is 0 Å². The first-order valence-corrected chi connectivity index (χ1v) is 7.45. The summed E-state index contributed by atoms with van der Waals surface area (Å²) in [4.78, 5) is 11.3. The number of halogens is 2. The van der Waals surface area contributed by atoms with E-state index in [2.05, 4.69) is 5.32 Å². The van der Waals surface area contributed by atoms with E-state index in [4.69, 9.17) is 16.3 Å². The normalized spacial score (nSPS) is 23.3. The Labute approximate surface area is 122 Å². The van der Waals surface area contributed by atoms with E-state index in [1.807, 2.05) is 0 Å². The second kappa shape index (κ2) is 5.70. The molecule has 20 heavy (non-hydrogen) atoms. The molecule has 3 rings (SSSR count). The van der Waals surface area contributed by atoms with Crippen molar-refractivity contribution in [3.8, 4) is 0 Å². The van der Waals surface area contributed by atoms with Crippen LogP contribution in [-0.4, -0.2) is 18.6 Å². The Bertz CT molecular complexity index is 529. The van der Waals surface area contributed by atoms with E-state index >= 15 is 0 Å². The monoisotopic (exact) mass is 297 g/mol. The quantitative estimate of drug-likeness (QED) is 0.866. The summed E-state index contributed by atoms with van der Waals surface area (Å²) in [7, 11) is 0. The first-order chi connectivity index (χ1) is 9.63. The van der Waals surface area contributed by atoms with Gasteiger partial charge in [0, 0.05) is 24.3 Å². The highest BCUT2D eigenvalue weighted by atomic mass is 35.5. The number of carbonyl (C=O) groups is 1. The zero-order valence-corrected chi connectivity index (χ0v) is 11.9. The molecular formula is C15H17ClFNO2. The first-order valence-electron chi connectivity index (χ1n) is 7.01. The summed E-state index contributed by atoms with van der Waals surface area (Å²) in [6, 6.07) is 3.17. The molecule has 1 aromatic carbocycles. The summed E-state index contributed by atoms with van der Waals surface area (Å²) in [5.41, 5.74) is 2.04. The molecule has 0 saturated carbocycles. The lowest BCUT2D eigenvalue weighted by Crippen LogP contribution is -2.20. The van der Waals surface area contributed by atoms with E-state index in [-0.39, 0.29) is 23.2 Å². The van der Waals surface area contributed by atoms with E-state index in [1.165, 1.54) is 6.07 Å². The maximum atomic E-state index is 14.2. The molecule has 2 atom stereocenters. The molecule has 0 aromatic heterocycles. The molecule has 108 valence electrons. The van der Waals surface area contributed by atoms with Crippen LogP contribution in [0.3, 0.4) is 0 Å². The van der Waals surface area contributed by atoms with Crippen LogP contribution in [0.15, 0.2) is 12.1 Å². The van der Waals surface area contributed by atoms with Gasteiger partial charge >= 0.3 is 0 Å². The van der Waals surface area contributed by atoms with Gasteiger partial charge in [-0.1, -0.05) is 0 Å². The van der Waals surface area contributed by atoms with Crippen LogP contribution in [0.5, 0.6) is 0 Å². The molecule has 2 heterocycles. The second-order valence-electron chi connectivity index (χ2n) is 5.42. The average Bonchev–Trinajstić information content (AvgIpc) is 2.90. The maximum absolute atomic E-state index is 14.2. The molecule has 1 amide bonds. The molecular weight excluding hydrogens is 281 g/mol. The molecule has 2 unspecified atom stereocenters. The van der Waals surface area contributed by atoms with Gasteiger partial charge < -0.3 is 10.1 Å². The first kappa shape index (κ1) is 13.8. The largest absolute Gasteiger partial charge is 0.378 e. The zero-order valence-electron chi connectivity index (χ0n) is 11.1. The van der Waals surface area contributed by atoms with Gasteiger partial charge in [0.2, 0.25) is 5.91 Å². The molecule has 2 aliphatic heterocycles. The summed E-state index contributed by atoms with van der Waals surface area (Å²) in [5.74, 6) is -0.421. The van der Waals surface area contributed by atoms with Crippen molar-refractivity contribution in [1.82, 2.24) is 0 Å². The molecule has 0 aliphatic carbocycles. The summed E-state index contributed by atoms with van der Waals surface area (Å²) in [6.45, 7) is 0.771. The molecule has 1 saturated heterocycles. The second-order valence-corrected chi connectivity index (χ2v) is 5.94. The predicted octanol–water partition coefficient (Wildman–Crippen LogP) is 3.56. The van der Waals surface area contributed by atoms with Crippen LogP contribution >= 0.6 is 11.6 Å². The summed E-state index contributed by atoms with van der Waals surface area (Å²) in [6.07, 6.45) is 3.88. The number of rotatable bonds is 3. The lowest BCUT2D eigenvalue weighted by atomic mass is 9.96. The smallest absolute Gasteiger partial charge is 0.224 e. The molecule has 5 heteroatoms. The number of nitrogens with one attached hydrogen (secondary N) is 1. The van der Waals surface area contributed by atoms with Gasteiger partial charge in [-0.3, -0.25) is 4.79 Å². The van der Waals surface area contributed by atoms with Crippen LogP contribution in [0.25, 0.3) is 0 Å². The van der Waals surface area contributed by atoms with Crippen molar-refractivity contribution in [3.05, 3.63) is 29.1 Å². The van der Waals surface area contributed by atoms with Gasteiger partial charge in [0.15, 0.2) is 0 Å². The van der Waals surface area contributed by atoms with Gasteiger partial charge in [-0.2, -0.15) is 0 Å². The van der Waals surface area contributed by atoms with Crippen LogP contribution in [0.1, 0.15) is 42.2 Å². The maximum Gasteiger partial charge on any atom is 0.224 e. The third-order valence-electron chi connectivity index (χ3n) is 3.95. The predicted molar refractivity (Wildman–Crippen MR) is 75.5 cm³/mol. The van der Waals surface area contributed by atoms with Crippen LogP contribution in [0.4, 0.5) is 10.1 Å². The molecule has 1 aromatic rings. The van der Waals surface area contributed by atoms with E-state index in [1.54, 1.807) is 6.07 Å². The van der Waals surface area contributed by atoms with Crippen molar-refractivity contribution in [2.75, 3.05) is 11.9 Å². The van der Waals surface area contributed by atoms with Gasteiger partial charge in [-0.05, 0) is 43.4 Å². The number of fused-ring (bicyclic) bond motifs is 1. The topological polar surface area (TPSA) is 38.3 Å². The van der Waals surface area contributed by atoms with E-state index < -0.39 is 0 Å². The van der Waals surface area contributed by atoms with Crippen molar-refractivity contribution >= 4 is 23.2 Å². The zero-order chi connectivity index (χ0) is 14.1. The van der Waals surface area contributed by atoms with Gasteiger partial charge in [0.05, 0.1) is 11.5 Å². The number of hydrogen-bond acceptors (Lipinski definition) is 2. The van der Waals surface area contributed by atoms with Crippen molar-refractivity contribution < 1.29 is 13.9 Å². The number of anilines is 1. The fourth-order valence-corrected chi connectivity index (χ4v) is 3.22. The van der Waals surface area contributed by atoms with Crippen molar-refractivity contribution in [2.45, 2.75) is 43.6 Å². The van der Waals surface area contributed by atoms with Crippen LogP contribution in [-0.2, 0) is 16.0 Å². The number of hydrogen-bond donors (Lipinski definition) is 1. The minimum absolute atomic E-state index is 0.0635. The Morgan fingerprint density at radius 1 is 1.45 bits per heavy atom. The number of amides is 1. The SMILES string of the molecule is O=C1CCc2cc(C(Cl)CC3CCCO3)c(F)cc2N1. The molecule has 3 nitrogen and oxygen atoms in total. The standard InChI is InChI=1S/C15H17ClFNO2/c16-12(7-10-2-1-5-20-10)11-6-9-3-4-15(19)18-14(9)8-13(11)17/h6,8,10,12H,1-5,7H2,(H,18,19). The Balaban J connectivity index is 1.80. The molecule has 1 N–H and O–H groups in total. The molecule has 0 spiro atoms. The number of carbonyl (C=O) groups excluding carboxylic acids is 1. The van der Waals surface area contributed by atoms with E-state index in [0.29, 0.717) is 30.5 Å². The lowest BCUT2D eigenvalue weighted by molar-refractivity contribution is -0.116. The van der Waals surface area contributed by atoms with Gasteiger partial charge in [-0.15, -0.1) is 11.6 Å². The molecule has 0 bridgehead atoms. The summed E-state index contributed by atoms with van der Waals surface area (Å²) >= 11 is 6.36. The van der Waals surface area contributed by atoms with E-state index in [9.17, 15) is 9.18 Å². The third-order valence-corrected chi connectivity index (χ3v) is 4.36. The Hall–Kier alpha value is -1.13. The fraction of sp³-hybridized carbons (Fsp3) is 0.533. The van der Waals surface area contributed by atoms with Crippen LogP contribution in [0.2, 0.25) is 0 Å². The number of aryl methyl sites for hydroxylation is 1. The minimum Gasteiger partial charge on any atom is -0.378 e. The average molecular weight is 298 g/mol. The highest BCUT2D eigenvalue weighted by Crippen LogP contribution is 2.35. The van der Waals surface area contributed by atoms with Crippen molar-refractivity contribution in [1.29, 1.82) is 0 Å².